The molecule has 1 unspecified atom stereocenters. The molecule has 5 N–H and O–H groups in total. The van der Waals surface area contributed by atoms with Gasteiger partial charge in [0.05, 0.1) is 5.52 Å². The summed E-state index contributed by atoms with van der Waals surface area (Å²) in [6.07, 6.45) is 1.58. The van der Waals surface area contributed by atoms with Crippen LogP contribution in [0.2, 0.25) is 5.02 Å². The van der Waals surface area contributed by atoms with Gasteiger partial charge in [0.2, 0.25) is 5.75 Å². The molecule has 0 radical (unpaired) electrons. The van der Waals surface area contributed by atoms with Gasteiger partial charge in [-0.15, -0.1) is 10.2 Å². The van der Waals surface area contributed by atoms with E-state index in [4.69, 9.17) is 17.5 Å². The number of aromatic nitrogens is 1. The van der Waals surface area contributed by atoms with Crippen molar-refractivity contribution in [2.24, 2.45) is 16.1 Å². The van der Waals surface area contributed by atoms with E-state index in [1.807, 2.05) is 6.92 Å². The van der Waals surface area contributed by atoms with Gasteiger partial charge < -0.3 is 14.8 Å². The van der Waals surface area contributed by atoms with E-state index in [1.54, 1.807) is 24.3 Å². The summed E-state index contributed by atoms with van der Waals surface area (Å²) in [5.41, 5.74) is -0.708. The number of azo groups is 1. The molecule has 0 spiro atoms. The molecule has 1 heterocycles. The SMILES string of the molecule is CCCCn1c(=O)c(N=Nc2cc(Cl)cc([S+](=O)(O)ON)c2O)c(O)c2ccccc21. The molecule has 10 nitrogen and oxygen atoms in total. The fourth-order valence-electron chi connectivity index (χ4n) is 2.99. The Kier molecular flexibility index (Phi) is 6.72. The van der Waals surface area contributed by atoms with E-state index in [0.29, 0.717) is 17.4 Å². The largest absolute Gasteiger partial charge is 0.505 e. The quantitative estimate of drug-likeness (QED) is 0.227. The normalized spacial score (nSPS) is 13.7. The average Bonchev–Trinajstić information content (AvgIpc) is 2.75. The third-order valence-corrected chi connectivity index (χ3v) is 5.89. The highest BCUT2D eigenvalue weighted by Crippen LogP contribution is 2.40. The number of pyridine rings is 1. The molecule has 0 saturated heterocycles. The standard InChI is InChI=1S/C19H19ClN4O6S/c1-2-3-8-24-14-7-5-4-6-12(14)17(25)16(19(24)27)23-22-13-9-11(20)10-15(18(13)26)31(28,29)30-21/h4-7,9-10H,2-3,8,21H2,1H3,(H2-,22,23,25,26,27,28,29)/p+1. The molecule has 2 aromatic carbocycles. The van der Waals surface area contributed by atoms with Crippen LogP contribution in [0.15, 0.2) is 56.3 Å². The maximum absolute atomic E-state index is 13.0. The Morgan fingerprint density at radius 1 is 1.19 bits per heavy atom. The van der Waals surface area contributed by atoms with Crippen molar-refractivity contribution < 1.29 is 23.3 Å². The predicted octanol–water partition coefficient (Wildman–Crippen LogP) is 4.42. The van der Waals surface area contributed by atoms with Crippen LogP contribution < -0.4 is 11.5 Å². The zero-order valence-corrected chi connectivity index (χ0v) is 17.9. The fourth-order valence-corrected chi connectivity index (χ4v) is 4.00. The number of rotatable bonds is 7. The Bertz CT molecular complexity index is 1280. The van der Waals surface area contributed by atoms with E-state index in [2.05, 4.69) is 14.5 Å². The molecule has 0 amide bonds. The monoisotopic (exact) mass is 467 g/mol. The van der Waals surface area contributed by atoms with Crippen LogP contribution in [-0.4, -0.2) is 19.3 Å². The first-order chi connectivity index (χ1) is 14.7. The van der Waals surface area contributed by atoms with Crippen molar-refractivity contribution in [2.45, 2.75) is 31.2 Å². The molecule has 31 heavy (non-hydrogen) atoms. The minimum atomic E-state index is -4.24. The number of halogens is 1. The molecule has 3 aromatic rings. The van der Waals surface area contributed by atoms with Crippen LogP contribution in [0.1, 0.15) is 19.8 Å². The fraction of sp³-hybridized carbons (Fsp3) is 0.211. The van der Waals surface area contributed by atoms with E-state index in [9.17, 15) is 23.8 Å². The summed E-state index contributed by atoms with van der Waals surface area (Å²) in [6, 6.07) is 8.95. The summed E-state index contributed by atoms with van der Waals surface area (Å²) in [5.74, 6) is 3.67. The van der Waals surface area contributed by atoms with Crippen molar-refractivity contribution >= 4 is 44.4 Å². The molecular weight excluding hydrogens is 448 g/mol. The molecule has 164 valence electrons. The molecule has 3 rings (SSSR count). The number of fused-ring (bicyclic) bond motifs is 1. The van der Waals surface area contributed by atoms with Crippen molar-refractivity contribution in [3.8, 4) is 11.5 Å². The lowest BCUT2D eigenvalue weighted by atomic mass is 10.1. The smallest absolute Gasteiger partial charge is 0.411 e. The zero-order valence-electron chi connectivity index (χ0n) is 16.4. The topological polar surface area (TPSA) is 160 Å². The minimum Gasteiger partial charge on any atom is -0.505 e. The highest BCUT2D eigenvalue weighted by atomic mass is 35.5. The summed E-state index contributed by atoms with van der Waals surface area (Å²) < 4.78 is 27.2. The van der Waals surface area contributed by atoms with Crippen molar-refractivity contribution in [3.05, 3.63) is 51.8 Å². The molecule has 0 bridgehead atoms. The van der Waals surface area contributed by atoms with Crippen LogP contribution in [0.4, 0.5) is 11.4 Å². The van der Waals surface area contributed by atoms with Gasteiger partial charge in [-0.2, -0.15) is 10.4 Å². The van der Waals surface area contributed by atoms with Gasteiger partial charge >= 0.3 is 10.5 Å². The number of aryl methyl sites for hydroxylation is 1. The minimum absolute atomic E-state index is 0.0661. The van der Waals surface area contributed by atoms with Gasteiger partial charge in [-0.3, -0.25) is 4.79 Å². The van der Waals surface area contributed by atoms with Crippen LogP contribution in [0.5, 0.6) is 11.5 Å². The van der Waals surface area contributed by atoms with Crippen molar-refractivity contribution in [1.29, 1.82) is 0 Å². The van der Waals surface area contributed by atoms with Gasteiger partial charge in [0.15, 0.2) is 11.4 Å². The van der Waals surface area contributed by atoms with E-state index < -0.39 is 26.7 Å². The lowest BCUT2D eigenvalue weighted by Gasteiger charge is -2.12. The highest BCUT2D eigenvalue weighted by Gasteiger charge is 2.37. The van der Waals surface area contributed by atoms with E-state index in [0.717, 1.165) is 25.0 Å². The second kappa shape index (κ2) is 9.12. The van der Waals surface area contributed by atoms with Gasteiger partial charge in [0.1, 0.15) is 5.69 Å². The highest BCUT2D eigenvalue weighted by molar-refractivity contribution is 7.93. The van der Waals surface area contributed by atoms with Crippen LogP contribution in [-0.2, 0) is 25.5 Å². The van der Waals surface area contributed by atoms with E-state index >= 15 is 0 Å². The number of aromatic hydroxyl groups is 2. The number of para-hydroxylation sites is 1. The average molecular weight is 468 g/mol. The summed E-state index contributed by atoms with van der Waals surface area (Å²) in [4.78, 5) is 12.4. The van der Waals surface area contributed by atoms with Crippen molar-refractivity contribution in [1.82, 2.24) is 4.57 Å². The number of nitrogens with two attached hydrogens (primary N) is 1. The van der Waals surface area contributed by atoms with Gasteiger partial charge in [0.25, 0.3) is 10.5 Å². The Labute approximate surface area is 183 Å². The van der Waals surface area contributed by atoms with Crippen LogP contribution in [0, 0.1) is 0 Å². The molecule has 0 aliphatic heterocycles. The molecule has 1 atom stereocenters. The summed E-state index contributed by atoms with van der Waals surface area (Å²) in [7, 11) is -4.24. The third kappa shape index (κ3) is 4.45. The van der Waals surface area contributed by atoms with Gasteiger partial charge in [-0.1, -0.05) is 37.1 Å². The Morgan fingerprint density at radius 2 is 1.90 bits per heavy atom. The first-order valence-electron chi connectivity index (χ1n) is 9.15. The Morgan fingerprint density at radius 3 is 2.58 bits per heavy atom. The van der Waals surface area contributed by atoms with E-state index in [1.165, 1.54) is 4.57 Å². The van der Waals surface area contributed by atoms with E-state index in [-0.39, 0.29) is 22.1 Å². The molecular formula is C19H20ClN4O6S+. The molecule has 0 saturated carbocycles. The predicted molar refractivity (Wildman–Crippen MR) is 116 cm³/mol. The molecule has 1 aromatic heterocycles. The number of nitrogens with zero attached hydrogens (tertiary/aromatic N) is 3. The number of hydrogen-bond acceptors (Lipinski definition) is 8. The number of hydrogen-bond donors (Lipinski definition) is 4. The number of unbranched alkanes of at least 4 members (excludes halogenated alkanes) is 1. The van der Waals surface area contributed by atoms with Crippen molar-refractivity contribution in [2.75, 3.05) is 0 Å². The summed E-state index contributed by atoms with van der Waals surface area (Å²) in [5, 5.41) is 28.9. The number of phenolic OH excluding ortho intramolecular Hbond substituents is 1. The first-order valence-corrected chi connectivity index (χ1v) is 11.0. The second-order valence-electron chi connectivity index (χ2n) is 6.57. The number of phenols is 1. The maximum atomic E-state index is 13.0. The Hall–Kier alpha value is -2.83. The number of benzene rings is 2. The third-order valence-electron chi connectivity index (χ3n) is 4.54. The lowest BCUT2D eigenvalue weighted by molar-refractivity contribution is 0.286. The first kappa shape index (κ1) is 22.8. The van der Waals surface area contributed by atoms with Crippen LogP contribution in [0.3, 0.4) is 0 Å². The van der Waals surface area contributed by atoms with Gasteiger partial charge in [0, 0.05) is 23.0 Å². The van der Waals surface area contributed by atoms with Crippen molar-refractivity contribution in [3.63, 3.8) is 0 Å². The summed E-state index contributed by atoms with van der Waals surface area (Å²) in [6.45, 7) is 2.39. The molecule has 0 aliphatic rings. The van der Waals surface area contributed by atoms with Gasteiger partial charge in [-0.25, -0.2) is 0 Å². The van der Waals surface area contributed by atoms with Crippen LogP contribution >= 0.6 is 11.6 Å². The molecule has 0 aliphatic carbocycles. The van der Waals surface area contributed by atoms with Gasteiger partial charge in [-0.05, 0) is 33.1 Å². The summed E-state index contributed by atoms with van der Waals surface area (Å²) >= 11 is 5.93. The molecule has 12 heteroatoms. The maximum Gasteiger partial charge on any atom is 0.411 e. The second-order valence-corrected chi connectivity index (χ2v) is 8.59. The Balaban J connectivity index is 2.19. The lowest BCUT2D eigenvalue weighted by Crippen LogP contribution is -2.20. The zero-order chi connectivity index (χ0) is 22.8. The van der Waals surface area contributed by atoms with Crippen LogP contribution in [0.25, 0.3) is 10.9 Å². The molecule has 0 fully saturated rings.